The predicted molar refractivity (Wildman–Crippen MR) is 86.2 cm³/mol. The third-order valence-corrected chi connectivity index (χ3v) is 4.29. The second-order valence-corrected chi connectivity index (χ2v) is 5.69. The van der Waals surface area contributed by atoms with Crippen LogP contribution in [0.5, 0.6) is 0 Å². The molecule has 0 fully saturated rings. The average Bonchev–Trinajstić information content (AvgIpc) is 2.90. The summed E-state index contributed by atoms with van der Waals surface area (Å²) >= 11 is 3.66. The Bertz CT molecular complexity index is 748. The van der Waals surface area contributed by atoms with Gasteiger partial charge in [0, 0.05) is 15.9 Å². The Morgan fingerprint density at radius 1 is 1.20 bits per heavy atom. The average molecular weight is 330 g/mol. The normalized spacial score (nSPS) is 12.8. The zero-order valence-corrected chi connectivity index (χ0v) is 13.1. The maximum Gasteiger partial charge on any atom is 0.0741 e. The van der Waals surface area contributed by atoms with Crippen LogP contribution in [0.3, 0.4) is 0 Å². The van der Waals surface area contributed by atoms with Crippen molar-refractivity contribution in [3.8, 4) is 5.69 Å². The fourth-order valence-electron chi connectivity index (χ4n) is 2.33. The fourth-order valence-corrected chi connectivity index (χ4v) is 3.04. The smallest absolute Gasteiger partial charge is 0.0741 e. The highest BCUT2D eigenvalue weighted by Crippen LogP contribution is 2.27. The molecule has 0 saturated heterocycles. The van der Waals surface area contributed by atoms with E-state index in [0.717, 1.165) is 21.1 Å². The van der Waals surface area contributed by atoms with E-state index in [1.54, 1.807) is 0 Å². The van der Waals surface area contributed by atoms with Gasteiger partial charge in [0.25, 0.3) is 0 Å². The van der Waals surface area contributed by atoms with E-state index in [4.69, 9.17) is 0 Å². The van der Waals surface area contributed by atoms with Crippen LogP contribution in [0.4, 0.5) is 0 Å². The molecule has 0 saturated carbocycles. The molecule has 3 rings (SSSR count). The molecular weight excluding hydrogens is 314 g/mol. The zero-order chi connectivity index (χ0) is 14.1. The number of hydrogen-bond donors (Lipinski definition) is 1. The van der Waals surface area contributed by atoms with Gasteiger partial charge in [-0.25, -0.2) is 4.68 Å². The van der Waals surface area contributed by atoms with Gasteiger partial charge in [-0.2, -0.15) is 5.10 Å². The maximum absolute atomic E-state index is 4.48. The maximum atomic E-state index is 4.48. The van der Waals surface area contributed by atoms with Crippen molar-refractivity contribution in [3.63, 3.8) is 0 Å². The largest absolute Gasteiger partial charge is 0.313 e. The summed E-state index contributed by atoms with van der Waals surface area (Å²) in [5, 5.41) is 8.88. The molecule has 102 valence electrons. The quantitative estimate of drug-likeness (QED) is 0.785. The van der Waals surface area contributed by atoms with Crippen molar-refractivity contribution < 1.29 is 0 Å². The lowest BCUT2D eigenvalue weighted by Gasteiger charge is -2.14. The summed E-state index contributed by atoms with van der Waals surface area (Å²) < 4.78 is 3.06. The second kappa shape index (κ2) is 5.38. The number of fused-ring (bicyclic) bond motifs is 1. The van der Waals surface area contributed by atoms with E-state index >= 15 is 0 Å². The third-order valence-electron chi connectivity index (χ3n) is 3.61. The Hall–Kier alpha value is -1.65. The summed E-state index contributed by atoms with van der Waals surface area (Å²) in [4.78, 5) is 0. The van der Waals surface area contributed by atoms with Crippen molar-refractivity contribution in [3.05, 3.63) is 58.7 Å². The van der Waals surface area contributed by atoms with Gasteiger partial charge in [0.05, 0.1) is 17.4 Å². The molecule has 1 unspecified atom stereocenters. The van der Waals surface area contributed by atoms with E-state index in [-0.39, 0.29) is 0 Å². The van der Waals surface area contributed by atoms with Crippen LogP contribution in [-0.2, 0) is 0 Å². The highest BCUT2D eigenvalue weighted by molar-refractivity contribution is 9.10. The van der Waals surface area contributed by atoms with Crippen LogP contribution in [0, 0.1) is 0 Å². The predicted octanol–water partition coefficient (Wildman–Crippen LogP) is 4.07. The standard InChI is InChI=1S/C16H16BrN3/c1-11(18-2)14-8-7-13(9-15(14)17)20-16-6-4-3-5-12(16)10-19-20/h3-11,18H,1-2H3. The molecule has 3 nitrogen and oxygen atoms in total. The summed E-state index contributed by atoms with van der Waals surface area (Å²) in [5.74, 6) is 0. The number of nitrogens with zero attached hydrogens (tertiary/aromatic N) is 2. The molecule has 1 heterocycles. The summed E-state index contributed by atoms with van der Waals surface area (Å²) in [6.07, 6.45) is 1.90. The van der Waals surface area contributed by atoms with Crippen LogP contribution in [0.15, 0.2) is 53.1 Å². The van der Waals surface area contributed by atoms with E-state index in [1.807, 2.05) is 30.1 Å². The number of nitrogens with one attached hydrogen (secondary N) is 1. The zero-order valence-electron chi connectivity index (χ0n) is 11.5. The van der Waals surface area contributed by atoms with Gasteiger partial charge in [-0.15, -0.1) is 0 Å². The molecule has 0 bridgehead atoms. The van der Waals surface area contributed by atoms with Gasteiger partial charge >= 0.3 is 0 Å². The summed E-state index contributed by atoms with van der Waals surface area (Å²) in [7, 11) is 1.96. The van der Waals surface area contributed by atoms with Crippen molar-refractivity contribution in [2.45, 2.75) is 13.0 Å². The fraction of sp³-hybridized carbons (Fsp3) is 0.188. The lowest BCUT2D eigenvalue weighted by Crippen LogP contribution is -2.13. The Labute approximate surface area is 126 Å². The second-order valence-electron chi connectivity index (χ2n) is 4.83. The minimum atomic E-state index is 0.313. The Morgan fingerprint density at radius 2 is 2.00 bits per heavy atom. The first-order chi connectivity index (χ1) is 9.70. The summed E-state index contributed by atoms with van der Waals surface area (Å²) in [6.45, 7) is 2.14. The molecule has 2 aromatic carbocycles. The number of halogens is 1. The van der Waals surface area contributed by atoms with Gasteiger partial charge in [0.15, 0.2) is 0 Å². The van der Waals surface area contributed by atoms with Gasteiger partial charge in [-0.05, 0) is 37.7 Å². The van der Waals surface area contributed by atoms with Crippen LogP contribution in [0.1, 0.15) is 18.5 Å². The first-order valence-electron chi connectivity index (χ1n) is 6.60. The number of hydrogen-bond acceptors (Lipinski definition) is 2. The number of aromatic nitrogens is 2. The highest BCUT2D eigenvalue weighted by Gasteiger charge is 2.10. The summed E-state index contributed by atoms with van der Waals surface area (Å²) in [5.41, 5.74) is 3.42. The van der Waals surface area contributed by atoms with Gasteiger partial charge < -0.3 is 5.32 Å². The van der Waals surface area contributed by atoms with E-state index in [2.05, 4.69) is 63.6 Å². The van der Waals surface area contributed by atoms with Crippen molar-refractivity contribution in [2.24, 2.45) is 0 Å². The third kappa shape index (κ3) is 2.25. The van der Waals surface area contributed by atoms with Crippen molar-refractivity contribution in [2.75, 3.05) is 7.05 Å². The molecule has 1 aromatic heterocycles. The summed E-state index contributed by atoms with van der Waals surface area (Å²) in [6, 6.07) is 14.9. The first-order valence-corrected chi connectivity index (χ1v) is 7.40. The number of benzene rings is 2. The minimum Gasteiger partial charge on any atom is -0.313 e. The number of rotatable bonds is 3. The van der Waals surface area contributed by atoms with E-state index in [0.29, 0.717) is 6.04 Å². The molecule has 3 aromatic rings. The van der Waals surface area contributed by atoms with Gasteiger partial charge in [0.2, 0.25) is 0 Å². The van der Waals surface area contributed by atoms with Gasteiger partial charge in [-0.3, -0.25) is 0 Å². The topological polar surface area (TPSA) is 29.9 Å². The van der Waals surface area contributed by atoms with Crippen LogP contribution in [0.25, 0.3) is 16.6 Å². The first kappa shape index (κ1) is 13.3. The van der Waals surface area contributed by atoms with Gasteiger partial charge in [0.1, 0.15) is 0 Å². The molecule has 4 heteroatoms. The number of para-hydroxylation sites is 1. The molecule has 0 spiro atoms. The Morgan fingerprint density at radius 3 is 2.75 bits per heavy atom. The van der Waals surface area contributed by atoms with E-state index in [1.165, 1.54) is 5.56 Å². The lowest BCUT2D eigenvalue weighted by molar-refractivity contribution is 0.649. The Balaban J connectivity index is 2.09. The van der Waals surface area contributed by atoms with Crippen LogP contribution >= 0.6 is 15.9 Å². The molecule has 0 aliphatic carbocycles. The van der Waals surface area contributed by atoms with E-state index in [9.17, 15) is 0 Å². The molecule has 1 N–H and O–H groups in total. The molecule has 20 heavy (non-hydrogen) atoms. The monoisotopic (exact) mass is 329 g/mol. The molecule has 0 aliphatic rings. The van der Waals surface area contributed by atoms with Crippen molar-refractivity contribution >= 4 is 26.8 Å². The van der Waals surface area contributed by atoms with Crippen LogP contribution < -0.4 is 5.32 Å². The van der Waals surface area contributed by atoms with Crippen molar-refractivity contribution in [1.29, 1.82) is 0 Å². The lowest BCUT2D eigenvalue weighted by atomic mass is 10.1. The van der Waals surface area contributed by atoms with Crippen LogP contribution in [-0.4, -0.2) is 16.8 Å². The molecule has 1 atom stereocenters. The SMILES string of the molecule is CNC(C)c1ccc(-n2ncc3ccccc32)cc1Br. The minimum absolute atomic E-state index is 0.313. The highest BCUT2D eigenvalue weighted by atomic mass is 79.9. The van der Waals surface area contributed by atoms with Crippen LogP contribution in [0.2, 0.25) is 0 Å². The molecule has 0 amide bonds. The van der Waals surface area contributed by atoms with E-state index < -0.39 is 0 Å². The molecule has 0 aliphatic heterocycles. The molecular formula is C16H16BrN3. The molecule has 0 radical (unpaired) electrons. The van der Waals surface area contributed by atoms with Gasteiger partial charge in [-0.1, -0.05) is 40.2 Å². The van der Waals surface area contributed by atoms with Crippen molar-refractivity contribution in [1.82, 2.24) is 15.1 Å². The Kier molecular flexibility index (Phi) is 3.59.